The van der Waals surface area contributed by atoms with Crippen LogP contribution in [0.5, 0.6) is 0 Å². The Kier molecular flexibility index (Phi) is 4.42. The molecule has 0 bridgehead atoms. The van der Waals surface area contributed by atoms with Crippen molar-refractivity contribution in [1.82, 2.24) is 20.3 Å². The fraction of sp³-hybridized carbons (Fsp3) is 0.200. The molecule has 0 aliphatic heterocycles. The zero-order valence-corrected chi connectivity index (χ0v) is 14.8. The van der Waals surface area contributed by atoms with Crippen LogP contribution in [0.25, 0.3) is 5.69 Å². The second kappa shape index (κ2) is 7.03. The van der Waals surface area contributed by atoms with Gasteiger partial charge in [-0.15, -0.1) is 5.10 Å². The number of anilines is 1. The number of benzene rings is 2. The minimum absolute atomic E-state index is 0.126. The fourth-order valence-corrected chi connectivity index (χ4v) is 2.62. The number of nitrogens with zero attached hydrogens (tertiary/aromatic N) is 3. The summed E-state index contributed by atoms with van der Waals surface area (Å²) in [6.45, 7) is 2.00. The summed E-state index contributed by atoms with van der Waals surface area (Å²) < 4.78 is 1.55. The number of amides is 2. The van der Waals surface area contributed by atoms with E-state index in [1.54, 1.807) is 35.1 Å². The number of carbonyl (C=O) groups is 2. The molecule has 7 nitrogen and oxygen atoms in total. The maximum atomic E-state index is 12.5. The van der Waals surface area contributed by atoms with Gasteiger partial charge in [-0.2, -0.15) is 0 Å². The van der Waals surface area contributed by atoms with Gasteiger partial charge in [0, 0.05) is 17.3 Å². The Hall–Kier alpha value is -3.48. The van der Waals surface area contributed by atoms with Crippen LogP contribution in [0.15, 0.2) is 54.7 Å². The molecule has 2 N–H and O–H groups in total. The average molecular weight is 361 g/mol. The van der Waals surface area contributed by atoms with Gasteiger partial charge in [0.15, 0.2) is 5.69 Å². The van der Waals surface area contributed by atoms with Crippen LogP contribution in [-0.4, -0.2) is 32.9 Å². The molecule has 0 unspecified atom stereocenters. The Morgan fingerprint density at radius 3 is 2.59 bits per heavy atom. The molecule has 3 aromatic rings. The molecule has 0 radical (unpaired) electrons. The van der Waals surface area contributed by atoms with Gasteiger partial charge in [-0.25, -0.2) is 4.68 Å². The van der Waals surface area contributed by atoms with E-state index in [-0.39, 0.29) is 23.6 Å². The summed E-state index contributed by atoms with van der Waals surface area (Å²) in [5, 5.41) is 13.6. The van der Waals surface area contributed by atoms with Gasteiger partial charge in [0.2, 0.25) is 0 Å². The molecule has 7 heteroatoms. The molecule has 136 valence electrons. The predicted octanol–water partition coefficient (Wildman–Crippen LogP) is 2.72. The second-order valence-corrected chi connectivity index (χ2v) is 6.67. The standard InChI is InChI=1S/C20H19N5O2/c1-13-5-9-17(10-6-13)25-12-18(23-24-25)20(27)22-16-4-2-3-14(11-16)19(26)21-15-7-8-15/h2-6,9-12,15H,7-8H2,1H3,(H,21,26)(H,22,27). The highest BCUT2D eigenvalue weighted by Gasteiger charge is 2.23. The SMILES string of the molecule is Cc1ccc(-n2cc(C(=O)Nc3cccc(C(=O)NC4CC4)c3)nn2)cc1. The van der Waals surface area contributed by atoms with Gasteiger partial charge in [-0.1, -0.05) is 29.0 Å². The van der Waals surface area contributed by atoms with Crippen LogP contribution in [0.1, 0.15) is 39.3 Å². The topological polar surface area (TPSA) is 88.9 Å². The molecule has 0 saturated heterocycles. The largest absolute Gasteiger partial charge is 0.349 e. The van der Waals surface area contributed by atoms with Crippen LogP contribution >= 0.6 is 0 Å². The predicted molar refractivity (Wildman–Crippen MR) is 101 cm³/mol. The van der Waals surface area contributed by atoms with Crippen molar-refractivity contribution in [2.24, 2.45) is 0 Å². The molecular formula is C20H19N5O2. The lowest BCUT2D eigenvalue weighted by Gasteiger charge is -2.07. The van der Waals surface area contributed by atoms with Crippen molar-refractivity contribution < 1.29 is 9.59 Å². The van der Waals surface area contributed by atoms with Gasteiger partial charge in [0.25, 0.3) is 11.8 Å². The van der Waals surface area contributed by atoms with Crippen molar-refractivity contribution >= 4 is 17.5 Å². The molecule has 1 aliphatic rings. The number of aromatic nitrogens is 3. The van der Waals surface area contributed by atoms with E-state index >= 15 is 0 Å². The van der Waals surface area contributed by atoms with E-state index in [1.165, 1.54) is 0 Å². The van der Waals surface area contributed by atoms with Crippen LogP contribution < -0.4 is 10.6 Å². The van der Waals surface area contributed by atoms with Crippen LogP contribution in [-0.2, 0) is 0 Å². The highest BCUT2D eigenvalue weighted by molar-refractivity contribution is 6.03. The Balaban J connectivity index is 1.46. The second-order valence-electron chi connectivity index (χ2n) is 6.67. The monoisotopic (exact) mass is 361 g/mol. The smallest absolute Gasteiger partial charge is 0.277 e. The van der Waals surface area contributed by atoms with Crippen molar-refractivity contribution in [2.45, 2.75) is 25.8 Å². The third-order valence-electron chi connectivity index (χ3n) is 4.32. The van der Waals surface area contributed by atoms with E-state index in [1.807, 2.05) is 31.2 Å². The number of hydrogen-bond donors (Lipinski definition) is 2. The van der Waals surface area contributed by atoms with Crippen LogP contribution in [0, 0.1) is 6.92 Å². The molecule has 0 spiro atoms. The van der Waals surface area contributed by atoms with E-state index in [0.29, 0.717) is 11.3 Å². The number of aryl methyl sites for hydroxylation is 1. The summed E-state index contributed by atoms with van der Waals surface area (Å²) in [4.78, 5) is 24.6. The van der Waals surface area contributed by atoms with Gasteiger partial charge < -0.3 is 10.6 Å². The Bertz CT molecular complexity index is 990. The zero-order valence-electron chi connectivity index (χ0n) is 14.8. The molecule has 2 amide bonds. The van der Waals surface area contributed by atoms with E-state index in [2.05, 4.69) is 20.9 Å². The van der Waals surface area contributed by atoms with E-state index < -0.39 is 0 Å². The molecular weight excluding hydrogens is 342 g/mol. The number of nitrogens with one attached hydrogen (secondary N) is 2. The molecule has 27 heavy (non-hydrogen) atoms. The summed E-state index contributed by atoms with van der Waals surface area (Å²) >= 11 is 0. The zero-order chi connectivity index (χ0) is 18.8. The van der Waals surface area contributed by atoms with Crippen LogP contribution in [0.2, 0.25) is 0 Å². The molecule has 4 rings (SSSR count). The lowest BCUT2D eigenvalue weighted by atomic mass is 10.2. The molecule has 1 fully saturated rings. The molecule has 0 atom stereocenters. The first-order chi connectivity index (χ1) is 13.1. The molecule has 1 heterocycles. The number of hydrogen-bond acceptors (Lipinski definition) is 4. The van der Waals surface area contributed by atoms with E-state index in [0.717, 1.165) is 24.1 Å². The van der Waals surface area contributed by atoms with Crippen LogP contribution in [0.3, 0.4) is 0 Å². The average Bonchev–Trinajstić information content (AvgIpc) is 3.34. The van der Waals surface area contributed by atoms with Gasteiger partial charge >= 0.3 is 0 Å². The van der Waals surface area contributed by atoms with Crippen LogP contribution in [0.4, 0.5) is 5.69 Å². The molecule has 1 saturated carbocycles. The maximum Gasteiger partial charge on any atom is 0.277 e. The third kappa shape index (κ3) is 4.03. The van der Waals surface area contributed by atoms with Crippen molar-refractivity contribution in [3.63, 3.8) is 0 Å². The summed E-state index contributed by atoms with van der Waals surface area (Å²) in [5.41, 5.74) is 3.22. The van der Waals surface area contributed by atoms with Crippen molar-refractivity contribution in [3.05, 3.63) is 71.5 Å². The number of rotatable bonds is 5. The highest BCUT2D eigenvalue weighted by atomic mass is 16.2. The molecule has 2 aromatic carbocycles. The highest BCUT2D eigenvalue weighted by Crippen LogP contribution is 2.20. The first kappa shape index (κ1) is 17.0. The first-order valence-electron chi connectivity index (χ1n) is 8.80. The fourth-order valence-electron chi connectivity index (χ4n) is 2.62. The summed E-state index contributed by atoms with van der Waals surface area (Å²) in [7, 11) is 0. The Morgan fingerprint density at radius 1 is 1.07 bits per heavy atom. The summed E-state index contributed by atoms with van der Waals surface area (Å²) in [5.74, 6) is -0.507. The lowest BCUT2D eigenvalue weighted by molar-refractivity contribution is 0.0949. The van der Waals surface area contributed by atoms with Gasteiger partial charge in [-0.05, 0) is 50.1 Å². The van der Waals surface area contributed by atoms with E-state index in [4.69, 9.17) is 0 Å². The Labute approximate surface area is 156 Å². The van der Waals surface area contributed by atoms with Crippen molar-refractivity contribution in [1.29, 1.82) is 0 Å². The van der Waals surface area contributed by atoms with Gasteiger partial charge in [-0.3, -0.25) is 9.59 Å². The minimum atomic E-state index is -0.381. The summed E-state index contributed by atoms with van der Waals surface area (Å²) in [6.07, 6.45) is 3.63. The quantitative estimate of drug-likeness (QED) is 0.731. The lowest BCUT2D eigenvalue weighted by Crippen LogP contribution is -2.25. The van der Waals surface area contributed by atoms with Gasteiger partial charge in [0.05, 0.1) is 11.9 Å². The van der Waals surface area contributed by atoms with Gasteiger partial charge in [0.1, 0.15) is 0 Å². The molecule has 1 aliphatic carbocycles. The van der Waals surface area contributed by atoms with E-state index in [9.17, 15) is 9.59 Å². The Morgan fingerprint density at radius 2 is 1.85 bits per heavy atom. The first-order valence-corrected chi connectivity index (χ1v) is 8.80. The van der Waals surface area contributed by atoms with Crippen molar-refractivity contribution in [2.75, 3.05) is 5.32 Å². The van der Waals surface area contributed by atoms with Crippen molar-refractivity contribution in [3.8, 4) is 5.69 Å². The molecule has 1 aromatic heterocycles. The number of carbonyl (C=O) groups excluding carboxylic acids is 2. The third-order valence-corrected chi connectivity index (χ3v) is 4.32. The summed E-state index contributed by atoms with van der Waals surface area (Å²) in [6, 6.07) is 14.9. The normalized spacial score (nSPS) is 13.2. The maximum absolute atomic E-state index is 12.5. The minimum Gasteiger partial charge on any atom is -0.349 e.